The predicted molar refractivity (Wildman–Crippen MR) is 320 cm³/mol. The summed E-state index contributed by atoms with van der Waals surface area (Å²) >= 11 is 12.7. The summed E-state index contributed by atoms with van der Waals surface area (Å²) in [6.07, 6.45) is 42.7. The molecule has 0 saturated heterocycles. The minimum absolute atomic E-state index is 0.943. The number of fused-ring (bicyclic) bond motifs is 6. The second-order valence-corrected chi connectivity index (χ2v) is 26.0. The summed E-state index contributed by atoms with van der Waals surface area (Å²) < 4.78 is 0. The number of rotatable bonds is 43. The Bertz CT molecular complexity index is 1860. The fraction of sp³-hybridized carbons (Fsp3) is 0.672. The Hall–Kier alpha value is -0.500. The van der Waals surface area contributed by atoms with Gasteiger partial charge in [-0.05, 0) is 130 Å². The molecule has 0 atom stereocenters. The zero-order chi connectivity index (χ0) is 47.6. The summed E-state index contributed by atoms with van der Waals surface area (Å²) in [6.45, 7) is 15.8. The first-order valence-electron chi connectivity index (χ1n) is 28.0. The maximum Gasteiger partial charge on any atom is 0.0218 e. The van der Waals surface area contributed by atoms with Crippen LogP contribution in [0.3, 0.4) is 0 Å². The van der Waals surface area contributed by atoms with Crippen LogP contribution < -0.4 is 0 Å². The summed E-state index contributed by atoms with van der Waals surface area (Å²) in [4.78, 5) is 9.00. The Morgan fingerprint density at radius 1 is 0.269 bits per heavy atom. The van der Waals surface area contributed by atoms with Crippen molar-refractivity contribution in [2.75, 3.05) is 34.5 Å². The van der Waals surface area contributed by atoms with Crippen LogP contribution in [0, 0.1) is 0 Å². The van der Waals surface area contributed by atoms with E-state index in [9.17, 15) is 0 Å². The summed E-state index contributed by atoms with van der Waals surface area (Å²) in [6, 6.07) is 15.9. The molecule has 0 radical (unpaired) electrons. The van der Waals surface area contributed by atoms with Crippen LogP contribution in [0.15, 0.2) is 78.4 Å². The van der Waals surface area contributed by atoms with Crippen molar-refractivity contribution in [3.63, 3.8) is 0 Å². The van der Waals surface area contributed by atoms with Gasteiger partial charge in [0.1, 0.15) is 0 Å². The van der Waals surface area contributed by atoms with Crippen LogP contribution >= 0.6 is 70.6 Å². The molecule has 4 aromatic carbocycles. The van der Waals surface area contributed by atoms with Crippen LogP contribution in [-0.4, -0.2) is 34.5 Å². The van der Waals surface area contributed by atoms with Crippen molar-refractivity contribution in [2.45, 2.75) is 257 Å². The molecule has 0 aliphatic carbocycles. The highest BCUT2D eigenvalue weighted by Gasteiger charge is 2.19. The number of unbranched alkanes of at least 4 members (excludes halogenated alkanes) is 25. The zero-order valence-electron chi connectivity index (χ0n) is 43.7. The van der Waals surface area contributed by atoms with E-state index in [2.05, 4.69) is 142 Å². The lowest BCUT2D eigenvalue weighted by Gasteiger charge is -2.19. The molecule has 0 bridgehead atoms. The Kier molecular flexibility index (Phi) is 33.6. The summed E-state index contributed by atoms with van der Waals surface area (Å²) in [5.74, 6) is 7.00. The maximum atomic E-state index is 4.17. The highest BCUT2D eigenvalue weighted by Crippen LogP contribution is 2.47. The lowest BCUT2D eigenvalue weighted by atomic mass is 9.94. The summed E-state index contributed by atoms with van der Waals surface area (Å²) in [5, 5.41) is 8.79. The molecule has 0 saturated carbocycles. The molecule has 0 aliphatic heterocycles. The van der Waals surface area contributed by atoms with Crippen LogP contribution in [0.1, 0.15) is 227 Å². The van der Waals surface area contributed by atoms with Crippen molar-refractivity contribution in [2.24, 2.45) is 0 Å². The first-order chi connectivity index (χ1) is 33.1. The van der Waals surface area contributed by atoms with E-state index in [1.165, 1.54) is 283 Å². The third-order valence-corrected chi connectivity index (χ3v) is 20.4. The lowest BCUT2D eigenvalue weighted by molar-refractivity contribution is 0.626. The lowest BCUT2D eigenvalue weighted by Crippen LogP contribution is -1.93. The van der Waals surface area contributed by atoms with E-state index in [-0.39, 0.29) is 0 Å². The first kappa shape index (κ1) is 59.1. The van der Waals surface area contributed by atoms with Gasteiger partial charge < -0.3 is 0 Å². The van der Waals surface area contributed by atoms with E-state index in [0.717, 1.165) is 5.75 Å². The Labute approximate surface area is 439 Å². The van der Waals surface area contributed by atoms with E-state index >= 15 is 0 Å². The van der Waals surface area contributed by atoms with Crippen LogP contribution in [0.25, 0.3) is 32.3 Å². The molecule has 0 amide bonds. The molecule has 67 heavy (non-hydrogen) atoms. The van der Waals surface area contributed by atoms with E-state index in [0.29, 0.717) is 0 Å². The molecular formula is C61H96S6. The van der Waals surface area contributed by atoms with Crippen LogP contribution in [0.4, 0.5) is 0 Å². The summed E-state index contributed by atoms with van der Waals surface area (Å²) in [5.41, 5.74) is 0. The normalized spacial score (nSPS) is 11.8. The molecule has 4 rings (SSSR count). The Balaban J connectivity index is 1.86. The Morgan fingerprint density at radius 2 is 0.448 bits per heavy atom. The Morgan fingerprint density at radius 3 is 0.642 bits per heavy atom. The molecule has 376 valence electrons. The first-order valence-corrected chi connectivity index (χ1v) is 33.9. The SMILES string of the molecule is C=CCSc1cc2c(cc1SCCCCCCCC)c1cc(SCCCCCCCC)c(SCCCCCCCC)cc1c1cc(SCCCCCCCC)c(SCCCCCCCC)cc21. The van der Waals surface area contributed by atoms with Gasteiger partial charge in [0.2, 0.25) is 0 Å². The van der Waals surface area contributed by atoms with Gasteiger partial charge in [0.05, 0.1) is 0 Å². The van der Waals surface area contributed by atoms with Gasteiger partial charge in [-0.3, -0.25) is 0 Å². The second-order valence-electron chi connectivity index (χ2n) is 19.2. The highest BCUT2D eigenvalue weighted by molar-refractivity contribution is 8.03. The van der Waals surface area contributed by atoms with Gasteiger partial charge in [-0.2, -0.15) is 0 Å². The molecule has 0 heterocycles. The molecule has 0 unspecified atom stereocenters. The smallest absolute Gasteiger partial charge is 0.0218 e. The number of hydrogen-bond donors (Lipinski definition) is 0. The average molecular weight is 1020 g/mol. The monoisotopic (exact) mass is 1020 g/mol. The van der Waals surface area contributed by atoms with Crippen LogP contribution in [-0.2, 0) is 0 Å². The van der Waals surface area contributed by atoms with Gasteiger partial charge in [0.25, 0.3) is 0 Å². The molecule has 4 aromatic rings. The third kappa shape index (κ3) is 22.4. The largest absolute Gasteiger partial charge is 0.125 e. The maximum absolute atomic E-state index is 4.17. The third-order valence-electron chi connectivity index (χ3n) is 13.3. The van der Waals surface area contributed by atoms with Crippen molar-refractivity contribution in [3.05, 3.63) is 49.1 Å². The van der Waals surface area contributed by atoms with Gasteiger partial charge in [-0.15, -0.1) is 77.2 Å². The fourth-order valence-corrected chi connectivity index (χ4v) is 15.8. The summed E-state index contributed by atoms with van der Waals surface area (Å²) in [7, 11) is 0. The van der Waals surface area contributed by atoms with E-state index in [4.69, 9.17) is 0 Å². The highest BCUT2D eigenvalue weighted by atomic mass is 32.2. The van der Waals surface area contributed by atoms with Crippen molar-refractivity contribution in [1.82, 2.24) is 0 Å². The molecule has 0 aliphatic rings. The van der Waals surface area contributed by atoms with Crippen LogP contribution in [0.2, 0.25) is 0 Å². The van der Waals surface area contributed by atoms with Crippen molar-refractivity contribution in [1.29, 1.82) is 0 Å². The molecule has 6 heteroatoms. The predicted octanol–water partition coefficient (Wildman–Crippen LogP) is 23.7. The number of thioether (sulfide) groups is 6. The topological polar surface area (TPSA) is 0 Å². The molecule has 0 nitrogen and oxygen atoms in total. The molecular weight excluding hydrogens is 925 g/mol. The molecule has 0 spiro atoms. The van der Waals surface area contributed by atoms with Crippen LogP contribution in [0.5, 0.6) is 0 Å². The quantitative estimate of drug-likeness (QED) is 0.0186. The number of hydrogen-bond acceptors (Lipinski definition) is 6. The standard InChI is InChI=1S/C61H96S6/c1-7-13-18-23-28-33-39-63-57-45-51-50(44-56(57)62-38-12-6)52-46-58(64-40-34-29-24-19-14-8-2)60(66-42-36-31-26-21-16-10-4)48-54(52)55-49-61(67-43-37-32-27-22-17-11-5)59(47-53(51)55)65-41-35-30-25-20-15-9-3/h12,44-49H,6-11,13-43H2,1-5H3. The van der Waals surface area contributed by atoms with Gasteiger partial charge in [0.15, 0.2) is 0 Å². The van der Waals surface area contributed by atoms with Gasteiger partial charge in [0, 0.05) is 35.1 Å². The average Bonchev–Trinajstić information content (AvgIpc) is 3.34. The van der Waals surface area contributed by atoms with Gasteiger partial charge in [-0.1, -0.05) is 201 Å². The van der Waals surface area contributed by atoms with E-state index in [1.54, 1.807) is 0 Å². The van der Waals surface area contributed by atoms with E-state index < -0.39 is 0 Å². The molecule has 0 fully saturated rings. The van der Waals surface area contributed by atoms with E-state index in [1.807, 2.05) is 11.8 Å². The van der Waals surface area contributed by atoms with Crippen molar-refractivity contribution >= 4 is 103 Å². The molecule has 0 aromatic heterocycles. The van der Waals surface area contributed by atoms with Gasteiger partial charge >= 0.3 is 0 Å². The van der Waals surface area contributed by atoms with Crippen molar-refractivity contribution < 1.29 is 0 Å². The van der Waals surface area contributed by atoms with Gasteiger partial charge in [-0.25, -0.2) is 0 Å². The number of benzene rings is 4. The fourth-order valence-electron chi connectivity index (χ4n) is 9.16. The van der Waals surface area contributed by atoms with Crippen molar-refractivity contribution in [3.8, 4) is 0 Å². The zero-order valence-corrected chi connectivity index (χ0v) is 48.6. The minimum atomic E-state index is 0.943. The molecule has 0 N–H and O–H groups in total. The second kappa shape index (κ2) is 38.2. The minimum Gasteiger partial charge on any atom is -0.125 e.